The number of hydrogen-bond donors (Lipinski definition) is 1. The largest absolute Gasteiger partial charge is 0.375 e. The predicted molar refractivity (Wildman–Crippen MR) is 69.0 cm³/mol. The van der Waals surface area contributed by atoms with E-state index in [4.69, 9.17) is 4.74 Å². The Morgan fingerprint density at radius 3 is 2.81 bits per heavy atom. The highest BCUT2D eigenvalue weighted by atomic mass is 32.1. The molecule has 0 amide bonds. The molecule has 0 aliphatic heterocycles. The number of aromatic nitrogens is 1. The number of nitrogens with one attached hydrogen (secondary N) is 1. The standard InChI is InChI=1S/C12H22N2OS/c1-9(2)13-7-5-6-11-8-16-12(14-11)10(3)15-4/h8-10,13H,5-7H2,1-4H3. The molecule has 1 unspecified atom stereocenters. The summed E-state index contributed by atoms with van der Waals surface area (Å²) in [6.45, 7) is 7.43. The van der Waals surface area contributed by atoms with E-state index >= 15 is 0 Å². The average molecular weight is 242 g/mol. The van der Waals surface area contributed by atoms with Crippen LogP contribution in [0.5, 0.6) is 0 Å². The number of hydrogen-bond acceptors (Lipinski definition) is 4. The molecule has 0 saturated carbocycles. The van der Waals surface area contributed by atoms with Gasteiger partial charge in [-0.1, -0.05) is 13.8 Å². The van der Waals surface area contributed by atoms with Crippen LogP contribution >= 0.6 is 11.3 Å². The summed E-state index contributed by atoms with van der Waals surface area (Å²) in [4.78, 5) is 4.56. The molecule has 1 atom stereocenters. The first-order chi connectivity index (χ1) is 7.63. The Morgan fingerprint density at radius 1 is 1.44 bits per heavy atom. The first kappa shape index (κ1) is 13.6. The highest BCUT2D eigenvalue weighted by Gasteiger charge is 2.08. The Balaban J connectivity index is 2.29. The molecule has 0 saturated heterocycles. The molecule has 1 aromatic heterocycles. The third kappa shape index (κ3) is 4.60. The summed E-state index contributed by atoms with van der Waals surface area (Å²) < 4.78 is 5.24. The van der Waals surface area contributed by atoms with Crippen LogP contribution in [-0.2, 0) is 11.2 Å². The molecule has 1 heterocycles. The zero-order chi connectivity index (χ0) is 12.0. The molecule has 3 nitrogen and oxygen atoms in total. The average Bonchev–Trinajstić information content (AvgIpc) is 2.71. The van der Waals surface area contributed by atoms with Crippen molar-refractivity contribution >= 4 is 11.3 Å². The third-order valence-electron chi connectivity index (χ3n) is 2.43. The van der Waals surface area contributed by atoms with Crippen LogP contribution in [0, 0.1) is 0 Å². The number of thiazole rings is 1. The summed E-state index contributed by atoms with van der Waals surface area (Å²) in [5.74, 6) is 0. The lowest BCUT2D eigenvalue weighted by Gasteiger charge is -2.06. The fraction of sp³-hybridized carbons (Fsp3) is 0.750. The second kappa shape index (κ2) is 6.99. The Bertz CT molecular complexity index is 299. The van der Waals surface area contributed by atoms with Gasteiger partial charge in [-0.2, -0.15) is 0 Å². The maximum Gasteiger partial charge on any atom is 0.121 e. The van der Waals surface area contributed by atoms with E-state index in [0.717, 1.165) is 24.4 Å². The van der Waals surface area contributed by atoms with Crippen molar-refractivity contribution in [1.29, 1.82) is 0 Å². The van der Waals surface area contributed by atoms with Gasteiger partial charge in [0.1, 0.15) is 11.1 Å². The van der Waals surface area contributed by atoms with E-state index in [2.05, 4.69) is 29.5 Å². The lowest BCUT2D eigenvalue weighted by atomic mass is 10.2. The van der Waals surface area contributed by atoms with Crippen molar-refractivity contribution in [2.75, 3.05) is 13.7 Å². The SMILES string of the molecule is COC(C)c1nc(CCCNC(C)C)cs1. The van der Waals surface area contributed by atoms with Crippen LogP contribution in [0.4, 0.5) is 0 Å². The maximum absolute atomic E-state index is 5.24. The van der Waals surface area contributed by atoms with Gasteiger partial charge in [-0.25, -0.2) is 4.98 Å². The van der Waals surface area contributed by atoms with Crippen molar-refractivity contribution in [2.24, 2.45) is 0 Å². The molecule has 1 rings (SSSR count). The molecule has 0 bridgehead atoms. The van der Waals surface area contributed by atoms with E-state index in [-0.39, 0.29) is 6.10 Å². The van der Waals surface area contributed by atoms with Gasteiger partial charge < -0.3 is 10.1 Å². The summed E-state index contributed by atoms with van der Waals surface area (Å²) in [6, 6.07) is 0.569. The first-order valence-corrected chi connectivity index (χ1v) is 6.72. The zero-order valence-electron chi connectivity index (χ0n) is 10.6. The molecule has 0 aliphatic carbocycles. The van der Waals surface area contributed by atoms with Crippen LogP contribution in [0.15, 0.2) is 5.38 Å². The lowest BCUT2D eigenvalue weighted by molar-refractivity contribution is 0.119. The van der Waals surface area contributed by atoms with E-state index in [1.807, 2.05) is 6.92 Å². The van der Waals surface area contributed by atoms with E-state index in [0.29, 0.717) is 6.04 Å². The highest BCUT2D eigenvalue weighted by molar-refractivity contribution is 7.09. The molecular formula is C12H22N2OS. The molecule has 4 heteroatoms. The Morgan fingerprint density at radius 2 is 2.19 bits per heavy atom. The molecule has 0 aliphatic rings. The number of ether oxygens (including phenoxy) is 1. The minimum Gasteiger partial charge on any atom is -0.375 e. The smallest absolute Gasteiger partial charge is 0.121 e. The summed E-state index contributed by atoms with van der Waals surface area (Å²) in [7, 11) is 1.72. The van der Waals surface area contributed by atoms with Gasteiger partial charge in [-0.3, -0.25) is 0 Å². The Hall–Kier alpha value is -0.450. The molecule has 0 spiro atoms. The van der Waals surface area contributed by atoms with Gasteiger partial charge in [0, 0.05) is 18.5 Å². The summed E-state index contributed by atoms with van der Waals surface area (Å²) in [6.07, 6.45) is 2.31. The number of aryl methyl sites for hydroxylation is 1. The minimum absolute atomic E-state index is 0.118. The topological polar surface area (TPSA) is 34.1 Å². The molecule has 0 fully saturated rings. The molecule has 1 aromatic rings. The molecule has 0 radical (unpaired) electrons. The van der Waals surface area contributed by atoms with Crippen LogP contribution in [0.2, 0.25) is 0 Å². The summed E-state index contributed by atoms with van der Waals surface area (Å²) in [5.41, 5.74) is 1.19. The quantitative estimate of drug-likeness (QED) is 0.747. The van der Waals surface area contributed by atoms with E-state index in [1.165, 1.54) is 5.69 Å². The van der Waals surface area contributed by atoms with Gasteiger partial charge in [-0.05, 0) is 26.3 Å². The van der Waals surface area contributed by atoms with Crippen LogP contribution in [0.25, 0.3) is 0 Å². The fourth-order valence-electron chi connectivity index (χ4n) is 1.39. The van der Waals surface area contributed by atoms with Gasteiger partial charge in [0.05, 0.1) is 5.69 Å². The number of nitrogens with zero attached hydrogens (tertiary/aromatic N) is 1. The molecule has 0 aromatic carbocycles. The van der Waals surface area contributed by atoms with Crippen LogP contribution in [0.3, 0.4) is 0 Å². The van der Waals surface area contributed by atoms with Crippen molar-refractivity contribution in [3.8, 4) is 0 Å². The van der Waals surface area contributed by atoms with Crippen molar-refractivity contribution in [3.63, 3.8) is 0 Å². The second-order valence-corrected chi connectivity index (χ2v) is 5.16. The third-order valence-corrected chi connectivity index (χ3v) is 3.49. The zero-order valence-corrected chi connectivity index (χ0v) is 11.4. The monoisotopic (exact) mass is 242 g/mol. The van der Waals surface area contributed by atoms with E-state index < -0.39 is 0 Å². The van der Waals surface area contributed by atoms with Gasteiger partial charge in [0.2, 0.25) is 0 Å². The normalized spacial score (nSPS) is 13.3. The fourth-order valence-corrected chi connectivity index (χ4v) is 2.27. The maximum atomic E-state index is 5.24. The van der Waals surface area contributed by atoms with Gasteiger partial charge >= 0.3 is 0 Å². The van der Waals surface area contributed by atoms with Crippen LogP contribution < -0.4 is 5.32 Å². The number of rotatable bonds is 7. The van der Waals surface area contributed by atoms with Gasteiger partial charge in [0.25, 0.3) is 0 Å². The molecule has 1 N–H and O–H groups in total. The minimum atomic E-state index is 0.118. The lowest BCUT2D eigenvalue weighted by Crippen LogP contribution is -2.23. The molecule has 16 heavy (non-hydrogen) atoms. The van der Waals surface area contributed by atoms with Gasteiger partial charge in [0.15, 0.2) is 0 Å². The summed E-state index contributed by atoms with van der Waals surface area (Å²) >= 11 is 1.69. The summed E-state index contributed by atoms with van der Waals surface area (Å²) in [5, 5.41) is 6.62. The highest BCUT2D eigenvalue weighted by Crippen LogP contribution is 2.20. The molecule has 92 valence electrons. The number of methoxy groups -OCH3 is 1. The molecular weight excluding hydrogens is 220 g/mol. The van der Waals surface area contributed by atoms with Crippen molar-refractivity contribution < 1.29 is 4.74 Å². The van der Waals surface area contributed by atoms with E-state index in [1.54, 1.807) is 18.4 Å². The van der Waals surface area contributed by atoms with Gasteiger partial charge in [-0.15, -0.1) is 11.3 Å². The Labute approximate surface area is 102 Å². The van der Waals surface area contributed by atoms with Crippen LogP contribution in [0.1, 0.15) is 44.0 Å². The first-order valence-electron chi connectivity index (χ1n) is 5.84. The second-order valence-electron chi connectivity index (χ2n) is 4.27. The van der Waals surface area contributed by atoms with Crippen molar-refractivity contribution in [2.45, 2.75) is 45.8 Å². The van der Waals surface area contributed by atoms with Crippen molar-refractivity contribution in [1.82, 2.24) is 10.3 Å². The predicted octanol–water partition coefficient (Wildman–Crippen LogP) is 2.78. The Kier molecular flexibility index (Phi) is 5.95. The van der Waals surface area contributed by atoms with Crippen molar-refractivity contribution in [3.05, 3.63) is 16.1 Å². The van der Waals surface area contributed by atoms with Crippen LogP contribution in [-0.4, -0.2) is 24.7 Å². The van der Waals surface area contributed by atoms with E-state index in [9.17, 15) is 0 Å².